The minimum absolute atomic E-state index is 0.289. The van der Waals surface area contributed by atoms with E-state index in [1.807, 2.05) is 6.07 Å². The normalized spacial score (nSPS) is 13.6. The highest BCUT2D eigenvalue weighted by Crippen LogP contribution is 2.45. The van der Waals surface area contributed by atoms with Gasteiger partial charge in [-0.1, -0.05) is 182 Å². The van der Waals surface area contributed by atoms with E-state index in [9.17, 15) is 0 Å². The van der Waals surface area contributed by atoms with Gasteiger partial charge in [-0.15, -0.1) is 0 Å². The second-order valence-corrected chi connectivity index (χ2v) is 19.9. The highest BCUT2D eigenvalue weighted by molar-refractivity contribution is 6.12. The topological polar surface area (TPSA) is 43.9 Å². The maximum Gasteiger partial charge on any atom is 0.164 e. The van der Waals surface area contributed by atoms with Gasteiger partial charge in [0.05, 0.1) is 27.8 Å². The third kappa shape index (κ3) is 6.98. The van der Waals surface area contributed by atoms with Gasteiger partial charge >= 0.3 is 0 Å². The van der Waals surface area contributed by atoms with Crippen LogP contribution in [0.1, 0.15) is 29.0 Å². The minimum Gasteiger partial charge on any atom is -0.455 e. The first-order chi connectivity index (χ1) is 36.7. The molecular formula is C70H47N3O. The molecule has 11 aromatic carbocycles. The van der Waals surface area contributed by atoms with Crippen LogP contribution in [0, 0.1) is 0 Å². The molecule has 1 atom stereocenters. The Balaban J connectivity index is 0.820. The molecule has 1 unspecified atom stereocenters. The van der Waals surface area contributed by atoms with Crippen LogP contribution in [-0.4, -0.2) is 14.5 Å². The zero-order chi connectivity index (χ0) is 48.7. The number of para-hydroxylation sites is 4. The van der Waals surface area contributed by atoms with Crippen molar-refractivity contribution in [3.63, 3.8) is 0 Å². The molecule has 0 N–H and O–H groups in total. The molecule has 3 heterocycles. The molecular weight excluding hydrogens is 899 g/mol. The van der Waals surface area contributed by atoms with E-state index in [0.29, 0.717) is 5.82 Å². The largest absolute Gasteiger partial charge is 0.455 e. The van der Waals surface area contributed by atoms with Crippen molar-refractivity contribution in [2.45, 2.75) is 25.2 Å². The first-order valence-corrected chi connectivity index (χ1v) is 25.8. The molecule has 1 aliphatic carbocycles. The summed E-state index contributed by atoms with van der Waals surface area (Å²) in [5.41, 5.74) is 20.6. The summed E-state index contributed by atoms with van der Waals surface area (Å²) in [5, 5.41) is 8.31. The van der Waals surface area contributed by atoms with Gasteiger partial charge in [-0.2, -0.15) is 0 Å². The Hall–Kier alpha value is -9.38. The average Bonchev–Trinajstić information content (AvgIpc) is 4.03. The smallest absolute Gasteiger partial charge is 0.164 e. The number of rotatable bonds is 6. The van der Waals surface area contributed by atoms with E-state index in [4.69, 9.17) is 14.4 Å². The van der Waals surface area contributed by atoms with Crippen LogP contribution in [0.2, 0.25) is 0 Å². The molecule has 4 heteroatoms. The fraction of sp³-hybridized carbons (Fsp3) is 0.0571. The van der Waals surface area contributed by atoms with E-state index in [0.717, 1.165) is 68.9 Å². The highest BCUT2D eigenvalue weighted by atomic mass is 16.3. The Labute approximate surface area is 428 Å². The lowest BCUT2D eigenvalue weighted by Gasteiger charge is -2.26. The standard InChI is InChI=1S/C70H47N3O/c1-3-14-44(15-4-1)45-26-31-48(32-27-45)68-58-21-9-11-24-63(58)71-70(72-68)59-23-13-22-57-62-43-52(37-39-66(62)74-69(57)59)49-33-30-47-29-28-46-16-7-8-19-55(46)67(47)60-41-50(34-35-53(60)40-49)51-36-38-65-61(42-51)56-20-10-12-25-64(56)73(65)54-17-5-2-6-18-54/h1-29,31-32,34-39,41-43,49H,30,33,40H2. The highest BCUT2D eigenvalue weighted by Gasteiger charge is 2.25. The maximum atomic E-state index is 6.84. The molecule has 0 spiro atoms. The Bertz CT molecular complexity index is 4510. The first kappa shape index (κ1) is 42.3. The van der Waals surface area contributed by atoms with Crippen molar-refractivity contribution in [1.29, 1.82) is 0 Å². The number of aryl methyl sites for hydroxylation is 1. The van der Waals surface area contributed by atoms with Gasteiger partial charge in [0.25, 0.3) is 0 Å². The van der Waals surface area contributed by atoms with Crippen LogP contribution in [0.25, 0.3) is 127 Å². The van der Waals surface area contributed by atoms with E-state index in [2.05, 4.69) is 241 Å². The molecule has 1 aliphatic rings. The number of hydrogen-bond donors (Lipinski definition) is 0. The summed E-state index contributed by atoms with van der Waals surface area (Å²) in [6, 6.07) is 88.2. The number of benzene rings is 11. The maximum absolute atomic E-state index is 6.84. The van der Waals surface area contributed by atoms with Crippen LogP contribution < -0.4 is 0 Å². The number of aromatic nitrogens is 3. The Morgan fingerprint density at radius 2 is 1.09 bits per heavy atom. The van der Waals surface area contributed by atoms with Gasteiger partial charge in [-0.3, -0.25) is 0 Å². The summed E-state index contributed by atoms with van der Waals surface area (Å²) in [4.78, 5) is 10.5. The van der Waals surface area contributed by atoms with E-state index < -0.39 is 0 Å². The Morgan fingerprint density at radius 1 is 0.419 bits per heavy atom. The van der Waals surface area contributed by atoms with E-state index in [-0.39, 0.29) is 5.92 Å². The predicted molar refractivity (Wildman–Crippen MR) is 307 cm³/mol. The van der Waals surface area contributed by atoms with Crippen LogP contribution in [-0.2, 0) is 12.8 Å². The number of nitrogens with zero attached hydrogens (tertiary/aromatic N) is 3. The quantitative estimate of drug-likeness (QED) is 0.167. The summed E-state index contributed by atoms with van der Waals surface area (Å²) in [7, 11) is 0. The molecule has 3 aromatic heterocycles. The van der Waals surface area contributed by atoms with E-state index in [1.165, 1.54) is 88.3 Å². The zero-order valence-electron chi connectivity index (χ0n) is 40.5. The van der Waals surface area contributed by atoms with Gasteiger partial charge < -0.3 is 8.98 Å². The van der Waals surface area contributed by atoms with Crippen molar-refractivity contribution in [3.8, 4) is 61.7 Å². The van der Waals surface area contributed by atoms with Crippen molar-refractivity contribution in [2.24, 2.45) is 0 Å². The molecule has 0 radical (unpaired) electrons. The van der Waals surface area contributed by atoms with Crippen molar-refractivity contribution in [2.75, 3.05) is 0 Å². The molecule has 348 valence electrons. The fourth-order valence-electron chi connectivity index (χ4n) is 12.1. The van der Waals surface area contributed by atoms with Crippen LogP contribution >= 0.6 is 0 Å². The summed E-state index contributed by atoms with van der Waals surface area (Å²) < 4.78 is 9.23. The molecule has 0 bridgehead atoms. The fourth-order valence-corrected chi connectivity index (χ4v) is 12.1. The number of hydrogen-bond acceptors (Lipinski definition) is 3. The molecule has 0 aliphatic heterocycles. The minimum atomic E-state index is 0.289. The summed E-state index contributed by atoms with van der Waals surface area (Å²) in [6.45, 7) is 0. The van der Waals surface area contributed by atoms with Crippen molar-refractivity contribution in [3.05, 3.63) is 259 Å². The van der Waals surface area contributed by atoms with Crippen molar-refractivity contribution >= 4 is 65.4 Å². The van der Waals surface area contributed by atoms with Gasteiger partial charge in [0.2, 0.25) is 0 Å². The number of fused-ring (bicyclic) bond motifs is 12. The summed E-state index contributed by atoms with van der Waals surface area (Å²) in [5.74, 6) is 0.939. The van der Waals surface area contributed by atoms with Crippen molar-refractivity contribution < 1.29 is 4.42 Å². The second kappa shape index (κ2) is 17.1. The van der Waals surface area contributed by atoms with Gasteiger partial charge in [0.1, 0.15) is 11.2 Å². The van der Waals surface area contributed by atoms with Crippen LogP contribution in [0.3, 0.4) is 0 Å². The molecule has 4 nitrogen and oxygen atoms in total. The molecule has 0 saturated carbocycles. The van der Waals surface area contributed by atoms with Gasteiger partial charge in [0, 0.05) is 38.2 Å². The molecule has 0 fully saturated rings. The van der Waals surface area contributed by atoms with E-state index >= 15 is 0 Å². The third-order valence-corrected chi connectivity index (χ3v) is 15.7. The van der Waals surface area contributed by atoms with Crippen LogP contribution in [0.4, 0.5) is 0 Å². The number of furan rings is 1. The Kier molecular flexibility index (Phi) is 9.80. The van der Waals surface area contributed by atoms with Crippen LogP contribution in [0.5, 0.6) is 0 Å². The first-order valence-electron chi connectivity index (χ1n) is 25.8. The van der Waals surface area contributed by atoms with Crippen molar-refractivity contribution in [1.82, 2.24) is 14.5 Å². The molecule has 15 rings (SSSR count). The van der Waals surface area contributed by atoms with Gasteiger partial charge in [-0.25, -0.2) is 9.97 Å². The molecule has 14 aromatic rings. The molecule has 0 amide bonds. The SMILES string of the molecule is c1ccc(-c2ccc(-c3nc(-c4cccc5c4oc4ccc(C6CCc7ccc8ccccc8c7-c7cc(-c8ccc9c(c8)c8ccccc8n9-c8ccccc8)ccc7C6)cc45)nc4ccccc34)cc2)cc1. The predicted octanol–water partition coefficient (Wildman–Crippen LogP) is 18.4. The average molecular weight is 946 g/mol. The molecule has 0 saturated heterocycles. The van der Waals surface area contributed by atoms with E-state index in [1.54, 1.807) is 0 Å². The lowest BCUT2D eigenvalue weighted by atomic mass is 9.78. The lowest BCUT2D eigenvalue weighted by molar-refractivity contribution is 0.618. The van der Waals surface area contributed by atoms with Gasteiger partial charge in [0.15, 0.2) is 5.82 Å². The Morgan fingerprint density at radius 3 is 1.97 bits per heavy atom. The van der Waals surface area contributed by atoms with Crippen LogP contribution in [0.15, 0.2) is 247 Å². The third-order valence-electron chi connectivity index (χ3n) is 15.7. The summed E-state index contributed by atoms with van der Waals surface area (Å²) in [6.07, 6.45) is 2.93. The monoisotopic (exact) mass is 945 g/mol. The zero-order valence-corrected chi connectivity index (χ0v) is 40.5. The molecule has 74 heavy (non-hydrogen) atoms. The van der Waals surface area contributed by atoms with Gasteiger partial charge in [-0.05, 0) is 147 Å². The lowest BCUT2D eigenvalue weighted by Crippen LogP contribution is -2.10. The summed E-state index contributed by atoms with van der Waals surface area (Å²) >= 11 is 0. The second-order valence-electron chi connectivity index (χ2n) is 19.9.